The van der Waals surface area contributed by atoms with E-state index in [1.807, 2.05) is 4.98 Å². The predicted molar refractivity (Wildman–Crippen MR) is 112 cm³/mol. The fraction of sp³-hybridized carbons (Fsp3) is 0.0952. The quantitative estimate of drug-likeness (QED) is 0.257. The van der Waals surface area contributed by atoms with Crippen molar-refractivity contribution in [3.8, 4) is 11.5 Å². The molecule has 0 saturated heterocycles. The van der Waals surface area contributed by atoms with Gasteiger partial charge in [-0.1, -0.05) is 30.3 Å². The van der Waals surface area contributed by atoms with E-state index < -0.39 is 27.8 Å². The normalized spacial score (nSPS) is 10.7. The average molecular weight is 423 g/mol. The Balaban J connectivity index is 1.91. The summed E-state index contributed by atoms with van der Waals surface area (Å²) >= 11 is 0. The first kappa shape index (κ1) is 21.2. The Morgan fingerprint density at radius 3 is 2.48 bits per heavy atom. The van der Waals surface area contributed by atoms with E-state index in [9.17, 15) is 24.5 Å². The van der Waals surface area contributed by atoms with Gasteiger partial charge in [-0.15, -0.1) is 0 Å². The van der Waals surface area contributed by atoms with Crippen LogP contribution in [0.3, 0.4) is 0 Å². The van der Waals surface area contributed by atoms with Crippen LogP contribution in [0.2, 0.25) is 0 Å². The molecule has 2 N–H and O–H groups in total. The topological polar surface area (TPSA) is 144 Å². The first-order valence-electron chi connectivity index (χ1n) is 9.12. The van der Waals surface area contributed by atoms with Gasteiger partial charge in [0.1, 0.15) is 5.69 Å². The number of benzene rings is 2. The van der Waals surface area contributed by atoms with Crippen molar-refractivity contribution in [2.24, 2.45) is 0 Å². The maximum atomic E-state index is 12.3. The molecular weight excluding hydrogens is 406 g/mol. The van der Waals surface area contributed by atoms with Crippen molar-refractivity contribution in [3.05, 3.63) is 96.3 Å². The van der Waals surface area contributed by atoms with E-state index in [1.165, 1.54) is 18.2 Å². The number of hydrogen-bond acceptors (Lipinski definition) is 7. The molecule has 0 saturated carbocycles. The highest BCUT2D eigenvalue weighted by atomic mass is 16.6. The zero-order chi connectivity index (χ0) is 22.4. The second-order valence-corrected chi connectivity index (χ2v) is 6.16. The molecule has 2 aromatic carbocycles. The molecule has 0 aliphatic rings. The van der Waals surface area contributed by atoms with Crippen LogP contribution in [-0.2, 0) is 0 Å². The van der Waals surface area contributed by atoms with Crippen molar-refractivity contribution >= 4 is 23.8 Å². The number of esters is 1. The van der Waals surface area contributed by atoms with E-state index in [1.54, 1.807) is 49.4 Å². The number of H-pyrrole nitrogens is 2. The minimum absolute atomic E-state index is 0.198. The second-order valence-electron chi connectivity index (χ2n) is 6.16. The van der Waals surface area contributed by atoms with Crippen LogP contribution in [0.15, 0.2) is 58.1 Å². The maximum absolute atomic E-state index is 12.3. The number of rotatable bonds is 7. The Morgan fingerprint density at radius 1 is 1.06 bits per heavy atom. The molecule has 0 aliphatic heterocycles. The molecule has 0 atom stereocenters. The van der Waals surface area contributed by atoms with Crippen LogP contribution in [0.5, 0.6) is 11.5 Å². The zero-order valence-corrected chi connectivity index (χ0v) is 16.3. The fourth-order valence-corrected chi connectivity index (χ4v) is 2.69. The molecule has 1 aromatic heterocycles. The molecule has 0 unspecified atom stereocenters. The molecule has 158 valence electrons. The number of ether oxygens (including phenoxy) is 2. The SMILES string of the molecule is CCOc1cc(C=Cc2[nH]c(=O)[nH]c(=O)c2[N+](=O)[O-])ccc1OC(=O)c1ccccc1. The van der Waals surface area contributed by atoms with Gasteiger partial charge in [0.05, 0.1) is 17.1 Å². The molecule has 3 aromatic rings. The minimum Gasteiger partial charge on any atom is -0.490 e. The van der Waals surface area contributed by atoms with E-state index in [0.29, 0.717) is 17.7 Å². The highest BCUT2D eigenvalue weighted by Crippen LogP contribution is 2.30. The molecule has 31 heavy (non-hydrogen) atoms. The molecule has 3 rings (SSSR count). The molecule has 10 nitrogen and oxygen atoms in total. The summed E-state index contributed by atoms with van der Waals surface area (Å²) in [6.07, 6.45) is 2.68. The van der Waals surface area contributed by atoms with Gasteiger partial charge < -0.3 is 14.5 Å². The number of nitrogens with zero attached hydrogens (tertiary/aromatic N) is 1. The van der Waals surface area contributed by atoms with E-state index in [4.69, 9.17) is 9.47 Å². The lowest BCUT2D eigenvalue weighted by Gasteiger charge is -2.11. The Bertz CT molecular complexity index is 1260. The lowest BCUT2D eigenvalue weighted by molar-refractivity contribution is -0.386. The van der Waals surface area contributed by atoms with Crippen LogP contribution in [0.25, 0.3) is 12.2 Å². The van der Waals surface area contributed by atoms with Crippen molar-refractivity contribution in [1.82, 2.24) is 9.97 Å². The van der Waals surface area contributed by atoms with Gasteiger partial charge in [0.2, 0.25) is 0 Å². The van der Waals surface area contributed by atoms with Crippen molar-refractivity contribution in [2.75, 3.05) is 6.61 Å². The third-order valence-electron chi connectivity index (χ3n) is 4.05. The number of nitrogens with one attached hydrogen (secondary N) is 2. The van der Waals surface area contributed by atoms with Gasteiger partial charge in [-0.05, 0) is 42.8 Å². The number of hydrogen-bond donors (Lipinski definition) is 2. The van der Waals surface area contributed by atoms with Crippen LogP contribution < -0.4 is 20.7 Å². The summed E-state index contributed by atoms with van der Waals surface area (Å²) in [5.74, 6) is -0.0761. The van der Waals surface area contributed by atoms with Gasteiger partial charge >= 0.3 is 22.9 Å². The highest BCUT2D eigenvalue weighted by Gasteiger charge is 2.19. The van der Waals surface area contributed by atoms with E-state index in [-0.39, 0.29) is 17.2 Å². The van der Waals surface area contributed by atoms with Gasteiger partial charge in [0.15, 0.2) is 11.5 Å². The lowest BCUT2D eigenvalue weighted by Crippen LogP contribution is -2.25. The third kappa shape index (κ3) is 5.12. The van der Waals surface area contributed by atoms with Gasteiger partial charge in [-0.25, -0.2) is 9.59 Å². The van der Waals surface area contributed by atoms with E-state index >= 15 is 0 Å². The van der Waals surface area contributed by atoms with Crippen LogP contribution in [0, 0.1) is 10.1 Å². The summed E-state index contributed by atoms with van der Waals surface area (Å²) in [6, 6.07) is 13.1. The van der Waals surface area contributed by atoms with Gasteiger partial charge in [-0.2, -0.15) is 0 Å². The fourth-order valence-electron chi connectivity index (χ4n) is 2.69. The van der Waals surface area contributed by atoms with Crippen molar-refractivity contribution < 1.29 is 19.2 Å². The lowest BCUT2D eigenvalue weighted by atomic mass is 10.1. The van der Waals surface area contributed by atoms with Crippen molar-refractivity contribution in [3.63, 3.8) is 0 Å². The third-order valence-corrected chi connectivity index (χ3v) is 4.05. The van der Waals surface area contributed by atoms with Crippen LogP contribution in [0.4, 0.5) is 5.69 Å². The molecule has 1 heterocycles. The summed E-state index contributed by atoms with van der Waals surface area (Å²) in [6.45, 7) is 2.06. The monoisotopic (exact) mass is 423 g/mol. The zero-order valence-electron chi connectivity index (χ0n) is 16.3. The maximum Gasteiger partial charge on any atom is 0.357 e. The summed E-state index contributed by atoms with van der Waals surface area (Å²) in [5, 5.41) is 11.1. The second kappa shape index (κ2) is 9.35. The van der Waals surface area contributed by atoms with Gasteiger partial charge in [0.25, 0.3) is 0 Å². The van der Waals surface area contributed by atoms with Crippen LogP contribution in [-0.4, -0.2) is 27.5 Å². The van der Waals surface area contributed by atoms with Crippen molar-refractivity contribution in [1.29, 1.82) is 0 Å². The molecule has 0 aliphatic carbocycles. The Kier molecular flexibility index (Phi) is 6.41. The predicted octanol–water partition coefficient (Wildman–Crippen LogP) is 2.76. The molecule has 0 bridgehead atoms. The molecule has 0 spiro atoms. The minimum atomic E-state index is -1.11. The average Bonchev–Trinajstić information content (AvgIpc) is 2.73. The van der Waals surface area contributed by atoms with E-state index in [2.05, 4.69) is 4.98 Å². The summed E-state index contributed by atoms with van der Waals surface area (Å²) in [5.41, 5.74) is -2.11. The summed E-state index contributed by atoms with van der Waals surface area (Å²) in [7, 11) is 0. The first-order chi connectivity index (χ1) is 14.9. The Morgan fingerprint density at radius 2 is 1.81 bits per heavy atom. The van der Waals surface area contributed by atoms with Crippen LogP contribution >= 0.6 is 0 Å². The van der Waals surface area contributed by atoms with Crippen molar-refractivity contribution in [2.45, 2.75) is 6.92 Å². The van der Waals surface area contributed by atoms with Gasteiger partial charge in [-0.3, -0.25) is 19.9 Å². The number of nitro groups is 1. The van der Waals surface area contributed by atoms with E-state index in [0.717, 1.165) is 0 Å². The smallest absolute Gasteiger partial charge is 0.357 e. The molecule has 0 radical (unpaired) electrons. The number of carbonyl (C=O) groups excluding carboxylic acids is 1. The summed E-state index contributed by atoms with van der Waals surface area (Å²) in [4.78, 5) is 49.8. The largest absolute Gasteiger partial charge is 0.490 e. The Labute approximate surface area is 174 Å². The molecular formula is C21H17N3O7. The highest BCUT2D eigenvalue weighted by molar-refractivity contribution is 5.91. The molecule has 0 fully saturated rings. The van der Waals surface area contributed by atoms with Crippen LogP contribution in [0.1, 0.15) is 28.5 Å². The standard InChI is InChI=1S/C21H17N3O7/c1-2-30-17-12-13(8-10-15-18(24(28)29)19(25)23-21(27)22-15)9-11-16(17)31-20(26)14-6-4-3-5-7-14/h3-12H,2H2,1H3,(H2,22,23,25,27). The first-order valence-corrected chi connectivity index (χ1v) is 9.12. The number of aromatic amines is 2. The number of carbonyl (C=O) groups is 1. The van der Waals surface area contributed by atoms with Gasteiger partial charge in [0, 0.05) is 0 Å². The molecule has 10 heteroatoms. The molecule has 0 amide bonds. The number of aromatic nitrogens is 2. The Hall–Kier alpha value is -4.47. The summed E-state index contributed by atoms with van der Waals surface area (Å²) < 4.78 is 10.9.